The Morgan fingerprint density at radius 2 is 1.70 bits per heavy atom. The summed E-state index contributed by atoms with van der Waals surface area (Å²) >= 11 is 5.85. The van der Waals surface area contributed by atoms with Crippen molar-refractivity contribution in [2.75, 3.05) is 7.05 Å². The van der Waals surface area contributed by atoms with Gasteiger partial charge in [-0.3, -0.25) is 4.79 Å². The predicted molar refractivity (Wildman–Crippen MR) is 95.8 cm³/mol. The number of carbonyl (C=O) groups is 1. The fourth-order valence-electron chi connectivity index (χ4n) is 2.53. The molecule has 0 saturated carbocycles. The summed E-state index contributed by atoms with van der Waals surface area (Å²) in [6.07, 6.45) is -3.27. The number of carbonyl (C=O) groups excluding carboxylic acids is 1. The van der Waals surface area contributed by atoms with E-state index in [-0.39, 0.29) is 5.91 Å². The van der Waals surface area contributed by atoms with Crippen molar-refractivity contribution in [3.8, 4) is 5.69 Å². The van der Waals surface area contributed by atoms with Crippen LogP contribution in [0.1, 0.15) is 21.6 Å². The van der Waals surface area contributed by atoms with E-state index in [1.165, 1.54) is 6.20 Å². The second-order valence-electron chi connectivity index (χ2n) is 5.98. The van der Waals surface area contributed by atoms with Crippen LogP contribution in [0.5, 0.6) is 0 Å². The van der Waals surface area contributed by atoms with Gasteiger partial charge in [0.05, 0.1) is 5.69 Å². The fraction of sp³-hybridized carbons (Fsp3) is 0.158. The van der Waals surface area contributed by atoms with Crippen LogP contribution >= 0.6 is 11.6 Å². The van der Waals surface area contributed by atoms with Gasteiger partial charge in [0.1, 0.15) is 0 Å². The molecule has 1 amide bonds. The monoisotopic (exact) mass is 393 g/mol. The molecule has 8 heteroatoms. The summed E-state index contributed by atoms with van der Waals surface area (Å²) in [7, 11) is 1.67. The highest BCUT2D eigenvalue weighted by Crippen LogP contribution is 2.28. The molecule has 3 rings (SSSR count). The summed E-state index contributed by atoms with van der Waals surface area (Å²) in [6.45, 7) is 0.409. The Balaban J connectivity index is 1.71. The van der Waals surface area contributed by atoms with Gasteiger partial charge in [-0.25, -0.2) is 4.68 Å². The molecule has 0 spiro atoms. The van der Waals surface area contributed by atoms with Crippen LogP contribution in [-0.2, 0) is 12.7 Å². The number of benzene rings is 2. The lowest BCUT2D eigenvalue weighted by atomic mass is 10.1. The normalized spacial score (nSPS) is 11.4. The zero-order valence-corrected chi connectivity index (χ0v) is 15.0. The molecule has 3 aromatic rings. The summed E-state index contributed by atoms with van der Waals surface area (Å²) in [4.78, 5) is 14.1. The van der Waals surface area contributed by atoms with Crippen LogP contribution in [0.3, 0.4) is 0 Å². The number of alkyl halides is 3. The number of amides is 1. The second kappa shape index (κ2) is 7.44. The molecule has 2 aromatic carbocycles. The first-order valence-electron chi connectivity index (χ1n) is 7.97. The molecule has 0 aliphatic carbocycles. The molecule has 27 heavy (non-hydrogen) atoms. The van der Waals surface area contributed by atoms with Gasteiger partial charge in [0, 0.05) is 30.4 Å². The van der Waals surface area contributed by atoms with Crippen LogP contribution in [0, 0.1) is 0 Å². The summed E-state index contributed by atoms with van der Waals surface area (Å²) in [5.74, 6) is -0.201. The van der Waals surface area contributed by atoms with Crippen molar-refractivity contribution in [3.05, 3.63) is 82.6 Å². The molecule has 0 saturated heterocycles. The first-order valence-corrected chi connectivity index (χ1v) is 8.35. The number of nitrogens with zero attached hydrogens (tertiary/aromatic N) is 3. The van der Waals surface area contributed by atoms with E-state index in [0.29, 0.717) is 22.8 Å². The van der Waals surface area contributed by atoms with Gasteiger partial charge in [-0.2, -0.15) is 18.3 Å². The molecule has 4 nitrogen and oxygen atoms in total. The van der Waals surface area contributed by atoms with Gasteiger partial charge in [-0.05, 0) is 48.0 Å². The third-order valence-electron chi connectivity index (χ3n) is 3.94. The van der Waals surface area contributed by atoms with Crippen molar-refractivity contribution in [2.24, 2.45) is 0 Å². The smallest absolute Gasteiger partial charge is 0.337 e. The van der Waals surface area contributed by atoms with Crippen molar-refractivity contribution in [3.63, 3.8) is 0 Å². The average molecular weight is 394 g/mol. The van der Waals surface area contributed by atoms with E-state index in [2.05, 4.69) is 5.10 Å². The molecule has 0 atom stereocenters. The zero-order valence-electron chi connectivity index (χ0n) is 14.2. The lowest BCUT2D eigenvalue weighted by Gasteiger charge is -2.17. The van der Waals surface area contributed by atoms with E-state index < -0.39 is 11.9 Å². The van der Waals surface area contributed by atoms with Crippen molar-refractivity contribution in [2.45, 2.75) is 12.7 Å². The Morgan fingerprint density at radius 3 is 2.26 bits per heavy atom. The minimum absolute atomic E-state index is 0.201. The third kappa shape index (κ3) is 4.49. The Hall–Kier alpha value is -2.80. The fourth-order valence-corrected chi connectivity index (χ4v) is 2.66. The molecule has 0 bridgehead atoms. The Labute approximate surface area is 158 Å². The van der Waals surface area contributed by atoms with Gasteiger partial charge in [0.25, 0.3) is 5.91 Å². The highest BCUT2D eigenvalue weighted by Gasteiger charge is 2.33. The maximum atomic E-state index is 12.6. The van der Waals surface area contributed by atoms with Gasteiger partial charge in [0.2, 0.25) is 0 Å². The molecule has 1 aromatic heterocycles. The number of hydrogen-bond donors (Lipinski definition) is 0. The molecule has 0 N–H and O–H groups in total. The van der Waals surface area contributed by atoms with Crippen molar-refractivity contribution >= 4 is 17.5 Å². The van der Waals surface area contributed by atoms with Gasteiger partial charge < -0.3 is 4.90 Å². The first kappa shape index (κ1) is 19.0. The van der Waals surface area contributed by atoms with Crippen LogP contribution in [0.4, 0.5) is 13.2 Å². The van der Waals surface area contributed by atoms with Crippen molar-refractivity contribution < 1.29 is 18.0 Å². The molecular weight excluding hydrogens is 379 g/mol. The van der Waals surface area contributed by atoms with Crippen LogP contribution < -0.4 is 0 Å². The number of halogens is 4. The number of aromatic nitrogens is 2. The van der Waals surface area contributed by atoms with Crippen LogP contribution in [0.15, 0.2) is 60.8 Å². The third-order valence-corrected chi connectivity index (χ3v) is 4.19. The van der Waals surface area contributed by atoms with E-state index in [0.717, 1.165) is 16.3 Å². The Kier molecular flexibility index (Phi) is 5.23. The molecule has 140 valence electrons. The number of rotatable bonds is 4. The largest absolute Gasteiger partial charge is 0.435 e. The van der Waals surface area contributed by atoms with Crippen LogP contribution in [-0.4, -0.2) is 27.6 Å². The van der Waals surface area contributed by atoms with Crippen molar-refractivity contribution in [1.29, 1.82) is 0 Å². The van der Waals surface area contributed by atoms with Gasteiger partial charge in [0.15, 0.2) is 5.69 Å². The van der Waals surface area contributed by atoms with Crippen molar-refractivity contribution in [1.82, 2.24) is 14.7 Å². The van der Waals surface area contributed by atoms with E-state index in [4.69, 9.17) is 11.6 Å². The van der Waals surface area contributed by atoms with E-state index >= 15 is 0 Å². The highest BCUT2D eigenvalue weighted by molar-refractivity contribution is 6.30. The Morgan fingerprint density at radius 1 is 1.07 bits per heavy atom. The molecule has 0 radical (unpaired) electrons. The van der Waals surface area contributed by atoms with E-state index in [9.17, 15) is 18.0 Å². The summed E-state index contributed by atoms with van der Waals surface area (Å²) < 4.78 is 39.0. The lowest BCUT2D eigenvalue weighted by molar-refractivity contribution is -0.141. The van der Waals surface area contributed by atoms with E-state index in [1.807, 2.05) is 12.1 Å². The van der Waals surface area contributed by atoms with Crippen LogP contribution in [0.25, 0.3) is 5.69 Å². The molecule has 0 aliphatic heterocycles. The molecule has 1 heterocycles. The lowest BCUT2D eigenvalue weighted by Crippen LogP contribution is -2.26. The van der Waals surface area contributed by atoms with Crippen LogP contribution in [0.2, 0.25) is 5.02 Å². The Bertz CT molecular complexity index is 934. The molecule has 0 unspecified atom stereocenters. The highest BCUT2D eigenvalue weighted by atomic mass is 35.5. The molecule has 0 fully saturated rings. The van der Waals surface area contributed by atoms with E-state index in [1.54, 1.807) is 48.3 Å². The molecular formula is C19H15ClF3N3O. The maximum Gasteiger partial charge on any atom is 0.435 e. The summed E-state index contributed by atoms with van der Waals surface area (Å²) in [5.41, 5.74) is 0.828. The summed E-state index contributed by atoms with van der Waals surface area (Å²) in [6, 6.07) is 14.3. The number of hydrogen-bond acceptors (Lipinski definition) is 2. The van der Waals surface area contributed by atoms with Gasteiger partial charge >= 0.3 is 6.18 Å². The minimum atomic E-state index is -4.49. The van der Waals surface area contributed by atoms with Gasteiger partial charge in [-0.1, -0.05) is 23.7 Å². The molecule has 0 aliphatic rings. The minimum Gasteiger partial charge on any atom is -0.337 e. The van der Waals surface area contributed by atoms with Gasteiger partial charge in [-0.15, -0.1) is 0 Å². The zero-order chi connectivity index (χ0) is 19.6. The topological polar surface area (TPSA) is 38.1 Å². The second-order valence-corrected chi connectivity index (χ2v) is 6.41. The summed E-state index contributed by atoms with van der Waals surface area (Å²) in [5, 5.41) is 4.13. The average Bonchev–Trinajstić information content (AvgIpc) is 3.14. The predicted octanol–water partition coefficient (Wildman–Crippen LogP) is 4.82. The standard InChI is InChI=1S/C19H15ClF3N3O/c1-25(12-13-2-6-15(20)7-3-13)18(27)14-4-8-16(9-5-14)26-11-10-17(24-26)19(21,22)23/h2-11H,12H2,1H3. The maximum absolute atomic E-state index is 12.6. The first-order chi connectivity index (χ1) is 12.7. The quantitative estimate of drug-likeness (QED) is 0.637. The SMILES string of the molecule is CN(Cc1ccc(Cl)cc1)C(=O)c1ccc(-n2ccc(C(F)(F)F)n2)cc1.